The van der Waals surface area contributed by atoms with Crippen molar-refractivity contribution >= 4 is 5.97 Å². The monoisotopic (exact) mass is 194 g/mol. The molecule has 0 atom stereocenters. The second-order valence-electron chi connectivity index (χ2n) is 1.70. The SMILES string of the molecule is O=C([O-])c1[nH+]ccc[nH+]1.O=[N+]([O-])[O-].[Li+]. The maximum absolute atomic E-state index is 10.0. The standard InChI is InChI=1S/C5H4N2O2.Li.NO3/c8-5(9)4-6-2-1-3-7-4;;2-1(3)4/h1-3H,(H,8,9);;/q;+1;-1/p+1. The number of aromatic carboxylic acids is 1. The minimum absolute atomic E-state index is 0. The van der Waals surface area contributed by atoms with Crippen LogP contribution in [0.15, 0.2) is 18.5 Å². The van der Waals surface area contributed by atoms with Crippen molar-refractivity contribution in [3.8, 4) is 0 Å². The predicted molar refractivity (Wildman–Crippen MR) is 34.2 cm³/mol. The summed E-state index contributed by atoms with van der Waals surface area (Å²) in [7, 11) is 0. The first-order chi connectivity index (χ1) is 6.04. The molecular formula is C5H5LiN3O5+. The van der Waals surface area contributed by atoms with Gasteiger partial charge in [-0.25, -0.2) is 0 Å². The van der Waals surface area contributed by atoms with Crippen molar-refractivity contribution < 1.29 is 43.8 Å². The number of H-pyrrole nitrogens is 2. The molecule has 0 radical (unpaired) electrons. The van der Waals surface area contributed by atoms with Crippen molar-refractivity contribution in [2.24, 2.45) is 0 Å². The second kappa shape index (κ2) is 7.97. The molecule has 2 N–H and O–H groups in total. The zero-order valence-corrected chi connectivity index (χ0v) is 7.22. The number of carbonyl (C=O) groups is 1. The number of carbonyl (C=O) groups excluding carboxylic acids is 1. The van der Waals surface area contributed by atoms with Crippen molar-refractivity contribution in [3.05, 3.63) is 39.6 Å². The Morgan fingerprint density at radius 2 is 1.64 bits per heavy atom. The summed E-state index contributed by atoms with van der Waals surface area (Å²) in [6.07, 6.45) is 3.00. The van der Waals surface area contributed by atoms with Crippen LogP contribution in [0.2, 0.25) is 0 Å². The molecule has 0 unspecified atom stereocenters. The van der Waals surface area contributed by atoms with Crippen LogP contribution in [0.4, 0.5) is 0 Å². The Kier molecular flexibility index (Phi) is 8.45. The van der Waals surface area contributed by atoms with Crippen LogP contribution < -0.4 is 33.9 Å². The van der Waals surface area contributed by atoms with Crippen molar-refractivity contribution in [1.82, 2.24) is 0 Å². The number of hydrogen-bond donors (Lipinski definition) is 0. The van der Waals surface area contributed by atoms with Gasteiger partial charge in [-0.1, -0.05) is 0 Å². The van der Waals surface area contributed by atoms with Crippen LogP contribution in [-0.2, 0) is 0 Å². The minimum atomic E-state index is -1.75. The molecule has 9 heteroatoms. The molecule has 0 fully saturated rings. The number of nitrogens with one attached hydrogen (secondary N) is 2. The van der Waals surface area contributed by atoms with Crippen LogP contribution >= 0.6 is 0 Å². The predicted octanol–water partition coefficient (Wildman–Crippen LogP) is -5.56. The molecule has 0 saturated heterocycles. The van der Waals surface area contributed by atoms with Crippen LogP contribution in [0, 0.1) is 15.3 Å². The van der Waals surface area contributed by atoms with Gasteiger partial charge in [-0.15, -0.1) is 0 Å². The first-order valence-electron chi connectivity index (χ1n) is 2.95. The molecule has 0 spiro atoms. The third-order valence-corrected chi connectivity index (χ3v) is 0.852. The van der Waals surface area contributed by atoms with E-state index in [1.165, 1.54) is 12.4 Å². The van der Waals surface area contributed by atoms with Crippen LogP contribution in [0.1, 0.15) is 10.6 Å². The van der Waals surface area contributed by atoms with E-state index < -0.39 is 11.1 Å². The number of aromatic amines is 2. The first-order valence-corrected chi connectivity index (χ1v) is 2.95. The molecule has 0 amide bonds. The van der Waals surface area contributed by atoms with Gasteiger partial charge in [0, 0.05) is 0 Å². The summed E-state index contributed by atoms with van der Waals surface area (Å²) in [5.41, 5.74) is 0. The first kappa shape index (κ1) is 14.8. The van der Waals surface area contributed by atoms with Gasteiger partial charge >= 0.3 is 24.7 Å². The molecule has 1 rings (SSSR count). The van der Waals surface area contributed by atoms with Gasteiger partial charge in [-0.05, 0) is 0 Å². The molecule has 0 aromatic carbocycles. The average molecular weight is 194 g/mol. The van der Waals surface area contributed by atoms with E-state index in [-0.39, 0.29) is 24.7 Å². The minimum Gasteiger partial charge on any atom is -0.535 e. The zero-order valence-electron chi connectivity index (χ0n) is 7.22. The maximum Gasteiger partial charge on any atom is 1.00 e. The summed E-state index contributed by atoms with van der Waals surface area (Å²) in [6.45, 7) is 0. The molecule has 70 valence electrons. The Morgan fingerprint density at radius 3 is 1.86 bits per heavy atom. The summed E-state index contributed by atoms with van der Waals surface area (Å²) < 4.78 is 0. The smallest absolute Gasteiger partial charge is 0.535 e. The van der Waals surface area contributed by atoms with Crippen molar-refractivity contribution in [3.63, 3.8) is 0 Å². The van der Waals surface area contributed by atoms with Crippen molar-refractivity contribution in [2.75, 3.05) is 0 Å². The molecule has 1 heterocycles. The van der Waals surface area contributed by atoms with Gasteiger partial charge in [-0.3, -0.25) is 0 Å². The van der Waals surface area contributed by atoms with Crippen molar-refractivity contribution in [2.45, 2.75) is 0 Å². The van der Waals surface area contributed by atoms with Crippen LogP contribution in [0.3, 0.4) is 0 Å². The van der Waals surface area contributed by atoms with E-state index in [2.05, 4.69) is 9.97 Å². The van der Waals surface area contributed by atoms with Gasteiger partial charge in [0.05, 0.1) is 11.2 Å². The van der Waals surface area contributed by atoms with E-state index >= 15 is 0 Å². The van der Waals surface area contributed by atoms with Crippen LogP contribution in [0.5, 0.6) is 0 Å². The summed E-state index contributed by atoms with van der Waals surface area (Å²) in [6, 6.07) is 1.65. The number of nitrogens with zero attached hydrogens (tertiary/aromatic N) is 1. The van der Waals surface area contributed by atoms with Gasteiger partial charge in [-0.2, -0.15) is 9.97 Å². The third-order valence-electron chi connectivity index (χ3n) is 0.852. The van der Waals surface area contributed by atoms with Gasteiger partial charge in [0.2, 0.25) is 5.97 Å². The van der Waals surface area contributed by atoms with Crippen LogP contribution in [-0.4, -0.2) is 11.1 Å². The van der Waals surface area contributed by atoms with Crippen LogP contribution in [0.25, 0.3) is 0 Å². The number of hydrogen-bond acceptors (Lipinski definition) is 5. The molecule has 0 aliphatic carbocycles. The molecule has 1 aromatic heterocycles. The fraction of sp³-hybridized carbons (Fsp3) is 0. The maximum atomic E-state index is 10.0. The summed E-state index contributed by atoms with van der Waals surface area (Å²) in [5.74, 6) is -1.27. The van der Waals surface area contributed by atoms with Gasteiger partial charge in [0.15, 0.2) is 12.4 Å². The largest absolute Gasteiger partial charge is 1.00 e. The van der Waals surface area contributed by atoms with Gasteiger partial charge in [0.1, 0.15) is 0 Å². The molecule has 1 aromatic rings. The molecule has 14 heavy (non-hydrogen) atoms. The molecular weight excluding hydrogens is 189 g/mol. The number of aromatic nitrogens is 2. The molecule has 0 aliphatic heterocycles. The number of carboxylic acid groups (broad SMARTS) is 1. The Balaban J connectivity index is 0. The van der Waals surface area contributed by atoms with Gasteiger partial charge in [0.25, 0.3) is 0 Å². The van der Waals surface area contributed by atoms with Gasteiger partial charge < -0.3 is 25.2 Å². The third kappa shape index (κ3) is 8.44. The topological polar surface area (TPSA) is 135 Å². The van der Waals surface area contributed by atoms with E-state index in [0.717, 1.165) is 0 Å². The van der Waals surface area contributed by atoms with E-state index in [9.17, 15) is 9.90 Å². The zero-order chi connectivity index (χ0) is 10.3. The summed E-state index contributed by atoms with van der Waals surface area (Å²) in [5, 5.41) is 24.8. The quantitative estimate of drug-likeness (QED) is 0.249. The summed E-state index contributed by atoms with van der Waals surface area (Å²) >= 11 is 0. The molecule has 0 bridgehead atoms. The number of rotatable bonds is 1. The Labute approximate surface area is 89.9 Å². The molecule has 0 saturated carbocycles. The second-order valence-corrected chi connectivity index (χ2v) is 1.70. The molecule has 8 nitrogen and oxygen atoms in total. The Bertz CT molecular complexity index is 289. The Morgan fingerprint density at radius 1 is 1.29 bits per heavy atom. The number of carboxylic acids is 1. The average Bonchev–Trinajstić information content (AvgIpc) is 2.05. The van der Waals surface area contributed by atoms with E-state index in [4.69, 9.17) is 15.3 Å². The van der Waals surface area contributed by atoms with E-state index in [1.807, 2.05) is 0 Å². The fourth-order valence-electron chi connectivity index (χ4n) is 0.471. The normalized spacial score (nSPS) is 7.43. The van der Waals surface area contributed by atoms with E-state index in [1.54, 1.807) is 6.07 Å². The van der Waals surface area contributed by atoms with E-state index in [0.29, 0.717) is 0 Å². The molecule has 0 aliphatic rings. The Hall–Kier alpha value is -1.65. The van der Waals surface area contributed by atoms with Crippen molar-refractivity contribution in [1.29, 1.82) is 0 Å². The summed E-state index contributed by atoms with van der Waals surface area (Å²) in [4.78, 5) is 23.2. The fourth-order valence-corrected chi connectivity index (χ4v) is 0.471.